The van der Waals surface area contributed by atoms with Crippen LogP contribution in [-0.2, 0) is 11.3 Å². The average Bonchev–Trinajstić information content (AvgIpc) is 2.98. The molecule has 0 aliphatic rings. The second-order valence-corrected chi connectivity index (χ2v) is 4.11. The van der Waals surface area contributed by atoms with E-state index in [1.807, 2.05) is 19.1 Å². The maximum atomic E-state index is 11.6. The van der Waals surface area contributed by atoms with Crippen LogP contribution in [0.2, 0.25) is 0 Å². The minimum absolute atomic E-state index is 0.0440. The largest absolute Gasteiger partial charge is 0.468 e. The van der Waals surface area contributed by atoms with Crippen molar-refractivity contribution in [1.82, 2.24) is 10.3 Å². The highest BCUT2D eigenvalue weighted by Gasteiger charge is 2.14. The van der Waals surface area contributed by atoms with Crippen molar-refractivity contribution >= 4 is 5.97 Å². The van der Waals surface area contributed by atoms with Crippen LogP contribution in [-0.4, -0.2) is 18.1 Å². The van der Waals surface area contributed by atoms with Gasteiger partial charge in [0.1, 0.15) is 5.76 Å². The number of hydrogen-bond donors (Lipinski definition) is 1. The van der Waals surface area contributed by atoms with Crippen LogP contribution in [0.25, 0.3) is 0 Å². The molecule has 0 radical (unpaired) electrons. The molecule has 2 heterocycles. The summed E-state index contributed by atoms with van der Waals surface area (Å²) >= 11 is 0. The number of carbonyl (C=O) groups is 1. The summed E-state index contributed by atoms with van der Waals surface area (Å²) in [5.74, 6) is 0.464. The van der Waals surface area contributed by atoms with E-state index in [4.69, 9.17) is 9.15 Å². The number of esters is 1. The number of furan rings is 1. The molecule has 0 bridgehead atoms. The topological polar surface area (TPSA) is 64.4 Å². The first-order valence-corrected chi connectivity index (χ1v) is 6.01. The maximum Gasteiger partial charge on any atom is 0.339 e. The van der Waals surface area contributed by atoms with Gasteiger partial charge in [-0.2, -0.15) is 0 Å². The van der Waals surface area contributed by atoms with Gasteiger partial charge in [-0.3, -0.25) is 4.98 Å². The van der Waals surface area contributed by atoms with Crippen molar-refractivity contribution in [3.05, 3.63) is 53.7 Å². The molecule has 0 aromatic carbocycles. The van der Waals surface area contributed by atoms with E-state index >= 15 is 0 Å². The van der Waals surface area contributed by atoms with Gasteiger partial charge in [0.05, 0.1) is 30.7 Å². The SMILES string of the molecule is COC(=O)c1cccnc1CN[C@@H](C)c1ccco1. The standard InChI is InChI=1S/C14H16N2O3/c1-10(13-6-4-8-19-13)16-9-12-11(14(17)18-2)5-3-7-15-12/h3-8,10,16H,9H2,1-2H3/t10-/m0/s1. The molecule has 0 aliphatic heterocycles. The molecule has 2 aromatic rings. The molecule has 100 valence electrons. The Morgan fingerprint density at radius 2 is 2.32 bits per heavy atom. The van der Waals surface area contributed by atoms with Gasteiger partial charge >= 0.3 is 5.97 Å². The Labute approximate surface area is 111 Å². The lowest BCUT2D eigenvalue weighted by Crippen LogP contribution is -2.20. The number of hydrogen-bond acceptors (Lipinski definition) is 5. The van der Waals surface area contributed by atoms with Gasteiger partial charge in [0.15, 0.2) is 0 Å². The van der Waals surface area contributed by atoms with Crippen LogP contribution >= 0.6 is 0 Å². The van der Waals surface area contributed by atoms with Gasteiger partial charge in [0.2, 0.25) is 0 Å². The van der Waals surface area contributed by atoms with Crippen LogP contribution in [0.3, 0.4) is 0 Å². The van der Waals surface area contributed by atoms with E-state index in [-0.39, 0.29) is 12.0 Å². The van der Waals surface area contributed by atoms with Crippen LogP contribution in [0.15, 0.2) is 41.1 Å². The molecule has 0 spiro atoms. The fourth-order valence-electron chi connectivity index (χ4n) is 1.76. The van der Waals surface area contributed by atoms with Crippen molar-refractivity contribution in [2.75, 3.05) is 7.11 Å². The van der Waals surface area contributed by atoms with Crippen molar-refractivity contribution in [3.8, 4) is 0 Å². The summed E-state index contributed by atoms with van der Waals surface area (Å²) in [6, 6.07) is 7.20. The Hall–Kier alpha value is -2.14. The van der Waals surface area contributed by atoms with E-state index in [0.29, 0.717) is 17.8 Å². The highest BCUT2D eigenvalue weighted by molar-refractivity contribution is 5.90. The Morgan fingerprint density at radius 3 is 3.00 bits per heavy atom. The highest BCUT2D eigenvalue weighted by atomic mass is 16.5. The molecule has 5 nitrogen and oxygen atoms in total. The smallest absolute Gasteiger partial charge is 0.339 e. The van der Waals surface area contributed by atoms with E-state index in [9.17, 15) is 4.79 Å². The van der Waals surface area contributed by atoms with E-state index in [1.54, 1.807) is 24.6 Å². The number of nitrogens with zero attached hydrogens (tertiary/aromatic N) is 1. The monoisotopic (exact) mass is 260 g/mol. The predicted octanol–water partition coefficient (Wildman–Crippen LogP) is 2.31. The third-order valence-electron chi connectivity index (χ3n) is 2.84. The molecular weight excluding hydrogens is 244 g/mol. The van der Waals surface area contributed by atoms with Crippen molar-refractivity contribution in [3.63, 3.8) is 0 Å². The van der Waals surface area contributed by atoms with Crippen molar-refractivity contribution in [2.45, 2.75) is 19.5 Å². The van der Waals surface area contributed by atoms with Gasteiger partial charge in [0, 0.05) is 12.7 Å². The van der Waals surface area contributed by atoms with Crippen LogP contribution < -0.4 is 5.32 Å². The van der Waals surface area contributed by atoms with Gasteiger partial charge in [-0.1, -0.05) is 0 Å². The molecule has 0 unspecified atom stereocenters. The molecule has 0 fully saturated rings. The lowest BCUT2D eigenvalue weighted by molar-refractivity contribution is 0.0598. The number of carbonyl (C=O) groups excluding carboxylic acids is 1. The fraction of sp³-hybridized carbons (Fsp3) is 0.286. The molecular formula is C14H16N2O3. The van der Waals surface area contributed by atoms with Gasteiger partial charge < -0.3 is 14.5 Å². The van der Waals surface area contributed by atoms with Crippen LogP contribution in [0.1, 0.15) is 34.8 Å². The molecule has 2 aromatic heterocycles. The molecule has 0 aliphatic carbocycles. The molecule has 1 N–H and O–H groups in total. The summed E-state index contributed by atoms with van der Waals surface area (Å²) in [5, 5.41) is 3.26. The molecule has 5 heteroatoms. The van der Waals surface area contributed by atoms with Gasteiger partial charge in [-0.25, -0.2) is 4.79 Å². The molecule has 0 saturated carbocycles. The van der Waals surface area contributed by atoms with Gasteiger partial charge in [-0.15, -0.1) is 0 Å². The summed E-state index contributed by atoms with van der Waals surface area (Å²) in [4.78, 5) is 15.8. The van der Waals surface area contributed by atoms with E-state index < -0.39 is 0 Å². The summed E-state index contributed by atoms with van der Waals surface area (Å²) < 4.78 is 10.0. The number of pyridine rings is 1. The molecule has 0 saturated heterocycles. The number of methoxy groups -OCH3 is 1. The minimum atomic E-state index is -0.379. The van der Waals surface area contributed by atoms with Crippen molar-refractivity contribution in [1.29, 1.82) is 0 Å². The van der Waals surface area contributed by atoms with Gasteiger partial charge in [-0.05, 0) is 31.2 Å². The third kappa shape index (κ3) is 3.20. The lowest BCUT2D eigenvalue weighted by Gasteiger charge is -2.12. The Balaban J connectivity index is 2.05. The summed E-state index contributed by atoms with van der Waals surface area (Å²) in [5.41, 5.74) is 1.14. The zero-order chi connectivity index (χ0) is 13.7. The van der Waals surface area contributed by atoms with Crippen LogP contribution in [0, 0.1) is 0 Å². The first-order chi connectivity index (χ1) is 9.22. The predicted molar refractivity (Wildman–Crippen MR) is 69.5 cm³/mol. The number of nitrogens with one attached hydrogen (secondary N) is 1. The first kappa shape index (κ1) is 13.3. The van der Waals surface area contributed by atoms with Crippen molar-refractivity contribution in [2.24, 2.45) is 0 Å². The molecule has 2 rings (SSSR count). The van der Waals surface area contributed by atoms with Gasteiger partial charge in [0.25, 0.3) is 0 Å². The normalized spacial score (nSPS) is 12.1. The lowest BCUT2D eigenvalue weighted by atomic mass is 10.2. The Kier molecular flexibility index (Phi) is 4.30. The number of rotatable bonds is 5. The Bertz CT molecular complexity index is 537. The highest BCUT2D eigenvalue weighted by Crippen LogP contribution is 2.14. The van der Waals surface area contributed by atoms with Crippen LogP contribution in [0.4, 0.5) is 0 Å². The van der Waals surface area contributed by atoms with E-state index in [2.05, 4.69) is 10.3 Å². The van der Waals surface area contributed by atoms with Crippen LogP contribution in [0.5, 0.6) is 0 Å². The number of aromatic nitrogens is 1. The quantitative estimate of drug-likeness (QED) is 0.836. The average molecular weight is 260 g/mol. The second kappa shape index (κ2) is 6.15. The van der Waals surface area contributed by atoms with E-state index in [1.165, 1.54) is 7.11 Å². The summed E-state index contributed by atoms with van der Waals surface area (Å²) in [6.45, 7) is 2.45. The summed E-state index contributed by atoms with van der Waals surface area (Å²) in [7, 11) is 1.36. The molecule has 0 amide bonds. The molecule has 19 heavy (non-hydrogen) atoms. The summed E-state index contributed by atoms with van der Waals surface area (Å²) in [6.07, 6.45) is 3.29. The van der Waals surface area contributed by atoms with E-state index in [0.717, 1.165) is 5.76 Å². The zero-order valence-corrected chi connectivity index (χ0v) is 10.9. The first-order valence-electron chi connectivity index (χ1n) is 6.01. The maximum absolute atomic E-state index is 11.6. The number of ether oxygens (including phenoxy) is 1. The molecule has 1 atom stereocenters. The van der Waals surface area contributed by atoms with Crippen molar-refractivity contribution < 1.29 is 13.9 Å². The third-order valence-corrected chi connectivity index (χ3v) is 2.84. The fourth-order valence-corrected chi connectivity index (χ4v) is 1.76. The minimum Gasteiger partial charge on any atom is -0.468 e. The second-order valence-electron chi connectivity index (χ2n) is 4.11. The zero-order valence-electron chi connectivity index (χ0n) is 10.9. The Morgan fingerprint density at radius 1 is 1.47 bits per heavy atom.